The number of amides is 1. The molecule has 1 aromatic carbocycles. The van der Waals surface area contributed by atoms with E-state index in [9.17, 15) is 4.79 Å². The number of nitrogens with zero attached hydrogens (tertiary/aromatic N) is 1. The molecule has 1 aliphatic heterocycles. The van der Waals surface area contributed by atoms with Gasteiger partial charge in [-0.2, -0.15) is 5.26 Å². The molecule has 1 amide bonds. The molecule has 3 rings (SSSR count). The number of ether oxygens (including phenoxy) is 2. The molecule has 0 saturated carbocycles. The van der Waals surface area contributed by atoms with E-state index in [0.717, 1.165) is 0 Å². The fraction of sp³-hybridized carbons (Fsp3) is 0.0667. The highest BCUT2D eigenvalue weighted by atomic mass is 16.7. The molecule has 1 N–H and O–H groups in total. The van der Waals surface area contributed by atoms with E-state index in [1.54, 1.807) is 30.3 Å². The van der Waals surface area contributed by atoms with Crippen LogP contribution in [0.25, 0.3) is 6.08 Å². The molecular formula is C15H10N2O4. The number of rotatable bonds is 3. The number of benzene rings is 1. The second-order valence-electron chi connectivity index (χ2n) is 4.21. The molecule has 0 bridgehead atoms. The number of furan rings is 1. The van der Waals surface area contributed by atoms with E-state index < -0.39 is 5.91 Å². The van der Waals surface area contributed by atoms with E-state index in [2.05, 4.69) is 5.32 Å². The van der Waals surface area contributed by atoms with Gasteiger partial charge in [0.1, 0.15) is 17.4 Å². The van der Waals surface area contributed by atoms with E-state index >= 15 is 0 Å². The van der Waals surface area contributed by atoms with E-state index in [1.165, 1.54) is 12.3 Å². The van der Waals surface area contributed by atoms with Gasteiger partial charge in [-0.1, -0.05) is 0 Å². The summed E-state index contributed by atoms with van der Waals surface area (Å²) < 4.78 is 15.5. The highest BCUT2D eigenvalue weighted by molar-refractivity contribution is 6.09. The molecule has 104 valence electrons. The zero-order chi connectivity index (χ0) is 14.7. The second-order valence-corrected chi connectivity index (χ2v) is 4.21. The Balaban J connectivity index is 1.78. The number of carbonyl (C=O) groups is 1. The van der Waals surface area contributed by atoms with Gasteiger partial charge in [-0.15, -0.1) is 0 Å². The van der Waals surface area contributed by atoms with Crippen LogP contribution in [0.3, 0.4) is 0 Å². The summed E-state index contributed by atoms with van der Waals surface area (Å²) in [7, 11) is 0. The van der Waals surface area contributed by atoms with Crippen molar-refractivity contribution in [2.45, 2.75) is 0 Å². The predicted molar refractivity (Wildman–Crippen MR) is 73.5 cm³/mol. The van der Waals surface area contributed by atoms with Crippen LogP contribution in [-0.4, -0.2) is 12.7 Å². The van der Waals surface area contributed by atoms with Crippen molar-refractivity contribution in [2.75, 3.05) is 12.1 Å². The molecule has 2 aromatic rings. The van der Waals surface area contributed by atoms with Gasteiger partial charge in [0, 0.05) is 17.8 Å². The van der Waals surface area contributed by atoms with Crippen molar-refractivity contribution in [1.29, 1.82) is 5.26 Å². The SMILES string of the molecule is N#C/C(=C\c1ccco1)C(=O)Nc1ccc2c(c1)OCO2. The van der Waals surface area contributed by atoms with Crippen LogP contribution in [0.4, 0.5) is 5.69 Å². The molecule has 0 fully saturated rings. The average Bonchev–Trinajstić information content (AvgIpc) is 3.15. The standard InChI is InChI=1S/C15H10N2O4/c16-8-10(6-12-2-1-5-19-12)15(18)17-11-3-4-13-14(7-11)21-9-20-13/h1-7H,9H2,(H,17,18)/b10-6+. The Morgan fingerprint density at radius 2 is 2.14 bits per heavy atom. The molecule has 6 nitrogen and oxygen atoms in total. The topological polar surface area (TPSA) is 84.5 Å². The van der Waals surface area contributed by atoms with Gasteiger partial charge in [0.05, 0.1) is 6.26 Å². The molecule has 1 aromatic heterocycles. The van der Waals surface area contributed by atoms with Crippen molar-refractivity contribution in [3.05, 3.63) is 47.9 Å². The number of hydrogen-bond donors (Lipinski definition) is 1. The molecule has 0 atom stereocenters. The second kappa shape index (κ2) is 5.43. The lowest BCUT2D eigenvalue weighted by atomic mass is 10.2. The first-order valence-corrected chi connectivity index (χ1v) is 6.12. The quantitative estimate of drug-likeness (QED) is 0.690. The average molecular weight is 282 g/mol. The lowest BCUT2D eigenvalue weighted by Gasteiger charge is -2.05. The monoisotopic (exact) mass is 282 g/mol. The van der Waals surface area contributed by atoms with Crippen molar-refractivity contribution in [2.24, 2.45) is 0 Å². The lowest BCUT2D eigenvalue weighted by molar-refractivity contribution is -0.112. The van der Waals surface area contributed by atoms with Gasteiger partial charge in [0.25, 0.3) is 5.91 Å². The van der Waals surface area contributed by atoms with Crippen molar-refractivity contribution in [3.63, 3.8) is 0 Å². The summed E-state index contributed by atoms with van der Waals surface area (Å²) in [6, 6.07) is 10.2. The number of hydrogen-bond acceptors (Lipinski definition) is 5. The van der Waals surface area contributed by atoms with Gasteiger partial charge in [0.15, 0.2) is 11.5 Å². The third kappa shape index (κ3) is 2.72. The predicted octanol–water partition coefficient (Wildman–Crippen LogP) is 2.55. The highest BCUT2D eigenvalue weighted by Crippen LogP contribution is 2.34. The summed E-state index contributed by atoms with van der Waals surface area (Å²) >= 11 is 0. The summed E-state index contributed by atoms with van der Waals surface area (Å²) in [5.41, 5.74) is 0.465. The van der Waals surface area contributed by atoms with Crippen LogP contribution in [0.15, 0.2) is 46.6 Å². The van der Waals surface area contributed by atoms with Crippen LogP contribution >= 0.6 is 0 Å². The number of anilines is 1. The molecule has 1 aliphatic rings. The van der Waals surface area contributed by atoms with Crippen molar-refractivity contribution < 1.29 is 18.7 Å². The Kier molecular flexibility index (Phi) is 3.31. The van der Waals surface area contributed by atoms with Crippen molar-refractivity contribution in [1.82, 2.24) is 0 Å². The molecule has 2 heterocycles. The largest absolute Gasteiger partial charge is 0.465 e. The van der Waals surface area contributed by atoms with Crippen molar-refractivity contribution in [3.8, 4) is 17.6 Å². The third-order valence-electron chi connectivity index (χ3n) is 2.83. The van der Waals surface area contributed by atoms with E-state index in [0.29, 0.717) is 22.9 Å². The van der Waals surface area contributed by atoms with Gasteiger partial charge < -0.3 is 19.2 Å². The number of carbonyl (C=O) groups excluding carboxylic acids is 1. The molecule has 6 heteroatoms. The molecule has 0 aliphatic carbocycles. The Labute approximate surface area is 120 Å². The van der Waals surface area contributed by atoms with Crippen LogP contribution in [-0.2, 0) is 4.79 Å². The number of nitriles is 1. The van der Waals surface area contributed by atoms with Crippen LogP contribution in [0.5, 0.6) is 11.5 Å². The third-order valence-corrected chi connectivity index (χ3v) is 2.83. The molecule has 0 spiro atoms. The minimum Gasteiger partial charge on any atom is -0.465 e. The Morgan fingerprint density at radius 1 is 1.29 bits per heavy atom. The maximum absolute atomic E-state index is 12.1. The first-order valence-electron chi connectivity index (χ1n) is 6.12. The number of nitrogens with one attached hydrogen (secondary N) is 1. The summed E-state index contributed by atoms with van der Waals surface area (Å²) in [6.45, 7) is 0.161. The van der Waals surface area contributed by atoms with Gasteiger partial charge in [0.2, 0.25) is 6.79 Å². The van der Waals surface area contributed by atoms with E-state index in [4.69, 9.17) is 19.2 Å². The summed E-state index contributed by atoms with van der Waals surface area (Å²) in [6.07, 6.45) is 2.85. The van der Waals surface area contributed by atoms with Gasteiger partial charge >= 0.3 is 0 Å². The van der Waals surface area contributed by atoms with Gasteiger partial charge in [-0.3, -0.25) is 4.79 Å². The maximum Gasteiger partial charge on any atom is 0.266 e. The van der Waals surface area contributed by atoms with Crippen LogP contribution in [0, 0.1) is 11.3 Å². The minimum absolute atomic E-state index is 0.0531. The minimum atomic E-state index is -0.521. The first-order chi connectivity index (χ1) is 10.3. The Bertz CT molecular complexity index is 742. The Hall–Kier alpha value is -3.20. The van der Waals surface area contributed by atoms with E-state index in [-0.39, 0.29) is 12.4 Å². The van der Waals surface area contributed by atoms with Gasteiger partial charge in [-0.05, 0) is 24.3 Å². The fourth-order valence-electron chi connectivity index (χ4n) is 1.84. The van der Waals surface area contributed by atoms with Crippen LogP contribution < -0.4 is 14.8 Å². The molecule has 0 radical (unpaired) electrons. The highest BCUT2D eigenvalue weighted by Gasteiger charge is 2.15. The maximum atomic E-state index is 12.1. The molecule has 0 saturated heterocycles. The zero-order valence-corrected chi connectivity index (χ0v) is 10.8. The lowest BCUT2D eigenvalue weighted by Crippen LogP contribution is -2.13. The van der Waals surface area contributed by atoms with Crippen LogP contribution in [0.2, 0.25) is 0 Å². The molecular weight excluding hydrogens is 272 g/mol. The fourth-order valence-corrected chi connectivity index (χ4v) is 1.84. The summed E-state index contributed by atoms with van der Waals surface area (Å²) in [5.74, 6) is 1.10. The summed E-state index contributed by atoms with van der Waals surface area (Å²) in [5, 5.41) is 11.7. The van der Waals surface area contributed by atoms with Gasteiger partial charge in [-0.25, -0.2) is 0 Å². The van der Waals surface area contributed by atoms with Crippen LogP contribution in [0.1, 0.15) is 5.76 Å². The number of fused-ring (bicyclic) bond motifs is 1. The first kappa shape index (κ1) is 12.8. The smallest absolute Gasteiger partial charge is 0.266 e. The normalized spacial score (nSPS) is 12.8. The van der Waals surface area contributed by atoms with E-state index in [1.807, 2.05) is 6.07 Å². The zero-order valence-electron chi connectivity index (χ0n) is 10.8. The molecule has 0 unspecified atom stereocenters. The van der Waals surface area contributed by atoms with Crippen molar-refractivity contribution >= 4 is 17.7 Å². The molecule has 21 heavy (non-hydrogen) atoms. The summed E-state index contributed by atoms with van der Waals surface area (Å²) in [4.78, 5) is 12.1. The Morgan fingerprint density at radius 3 is 2.90 bits per heavy atom.